The third-order valence-corrected chi connectivity index (χ3v) is 4.50. The molecule has 0 aliphatic carbocycles. The smallest absolute Gasteiger partial charge is 0.253 e. The van der Waals surface area contributed by atoms with Gasteiger partial charge in [0.25, 0.3) is 5.91 Å². The Balaban J connectivity index is 1.68. The van der Waals surface area contributed by atoms with Crippen LogP contribution in [0.5, 0.6) is 0 Å². The zero-order chi connectivity index (χ0) is 16.4. The number of imidazole rings is 1. The molecule has 0 saturated heterocycles. The molecule has 1 amide bonds. The average Bonchev–Trinajstić information content (AvgIpc) is 3.01. The Morgan fingerprint density at radius 3 is 3.09 bits per heavy atom. The second kappa shape index (κ2) is 6.25. The summed E-state index contributed by atoms with van der Waals surface area (Å²) in [6, 6.07) is 7.32. The third-order valence-electron chi connectivity index (χ3n) is 4.50. The molecule has 0 bridgehead atoms. The molecule has 0 fully saturated rings. The van der Waals surface area contributed by atoms with Crippen LogP contribution in [0.1, 0.15) is 33.7 Å². The van der Waals surface area contributed by atoms with Crippen molar-refractivity contribution in [3.8, 4) is 6.07 Å². The van der Waals surface area contributed by atoms with E-state index < -0.39 is 0 Å². The van der Waals surface area contributed by atoms with E-state index in [1.54, 1.807) is 23.1 Å². The van der Waals surface area contributed by atoms with Crippen LogP contribution in [-0.2, 0) is 13.0 Å². The van der Waals surface area contributed by atoms with E-state index in [-0.39, 0.29) is 5.91 Å². The zero-order valence-electron chi connectivity index (χ0n) is 13.5. The highest BCUT2D eigenvalue weighted by molar-refractivity contribution is 5.95. The second-order valence-electron chi connectivity index (χ2n) is 6.23. The minimum Gasteiger partial charge on any atom is -0.341 e. The number of rotatable bonds is 3. The third kappa shape index (κ3) is 3.11. The maximum Gasteiger partial charge on any atom is 0.253 e. The van der Waals surface area contributed by atoms with Crippen LogP contribution < -0.4 is 0 Å². The van der Waals surface area contributed by atoms with Crippen molar-refractivity contribution in [2.24, 2.45) is 5.92 Å². The predicted molar refractivity (Wildman–Crippen MR) is 86.9 cm³/mol. The van der Waals surface area contributed by atoms with E-state index in [0.29, 0.717) is 17.0 Å². The van der Waals surface area contributed by atoms with Crippen LogP contribution in [0.4, 0.5) is 0 Å². The molecule has 2 aromatic rings. The van der Waals surface area contributed by atoms with Crippen LogP contribution in [0.15, 0.2) is 30.6 Å². The number of carbonyl (C=O) groups is 1. The fraction of sp³-hybridized carbons (Fsp3) is 0.389. The molecule has 1 aliphatic rings. The predicted octanol–water partition coefficient (Wildman–Crippen LogP) is 2.40. The Morgan fingerprint density at radius 1 is 1.52 bits per heavy atom. The molecule has 5 heteroatoms. The molecular weight excluding hydrogens is 288 g/mol. The van der Waals surface area contributed by atoms with E-state index >= 15 is 0 Å². The van der Waals surface area contributed by atoms with Gasteiger partial charge in [-0.1, -0.05) is 0 Å². The van der Waals surface area contributed by atoms with Crippen LogP contribution in [0.2, 0.25) is 0 Å². The Labute approximate surface area is 136 Å². The molecule has 3 rings (SSSR count). The first kappa shape index (κ1) is 15.3. The molecule has 0 radical (unpaired) electrons. The van der Waals surface area contributed by atoms with Crippen LogP contribution >= 0.6 is 0 Å². The standard InChI is InChI=1S/C18H20N4O/c1-13-9-14(10-19)3-5-16(13)18(23)21(2)11-15-4-6-17-20-7-8-22(17)12-15/h3,5,7-9,15H,4,6,11-12H2,1-2H3/t15-/m1/s1. The van der Waals surface area contributed by atoms with Crippen LogP contribution in [-0.4, -0.2) is 34.0 Å². The average molecular weight is 308 g/mol. The summed E-state index contributed by atoms with van der Waals surface area (Å²) < 4.78 is 2.18. The molecule has 1 atom stereocenters. The maximum absolute atomic E-state index is 12.7. The summed E-state index contributed by atoms with van der Waals surface area (Å²) >= 11 is 0. The molecule has 2 heterocycles. The topological polar surface area (TPSA) is 61.9 Å². The lowest BCUT2D eigenvalue weighted by Gasteiger charge is -2.28. The van der Waals surface area contributed by atoms with Crippen LogP contribution in [0, 0.1) is 24.2 Å². The molecule has 1 aliphatic heterocycles. The van der Waals surface area contributed by atoms with Gasteiger partial charge in [0, 0.05) is 44.5 Å². The molecule has 0 spiro atoms. The van der Waals surface area contributed by atoms with Gasteiger partial charge in [0.2, 0.25) is 0 Å². The number of amides is 1. The van der Waals surface area contributed by atoms with Crippen molar-refractivity contribution in [1.29, 1.82) is 5.26 Å². The number of fused-ring (bicyclic) bond motifs is 1. The van der Waals surface area contributed by atoms with Crippen molar-refractivity contribution < 1.29 is 4.79 Å². The Morgan fingerprint density at radius 2 is 2.35 bits per heavy atom. The highest BCUT2D eigenvalue weighted by atomic mass is 16.2. The maximum atomic E-state index is 12.7. The van der Waals surface area contributed by atoms with Crippen molar-refractivity contribution in [3.63, 3.8) is 0 Å². The van der Waals surface area contributed by atoms with Gasteiger partial charge >= 0.3 is 0 Å². The molecule has 0 unspecified atom stereocenters. The minimum atomic E-state index is 0.0171. The first-order chi connectivity index (χ1) is 11.1. The Kier molecular flexibility index (Phi) is 4.16. The number of carbonyl (C=O) groups excluding carboxylic acids is 1. The summed E-state index contributed by atoms with van der Waals surface area (Å²) in [6.45, 7) is 3.52. The number of hydrogen-bond acceptors (Lipinski definition) is 3. The largest absolute Gasteiger partial charge is 0.341 e. The van der Waals surface area contributed by atoms with E-state index in [9.17, 15) is 4.79 Å². The number of nitriles is 1. The lowest BCUT2D eigenvalue weighted by Crippen LogP contribution is -2.35. The van der Waals surface area contributed by atoms with Gasteiger partial charge in [0.05, 0.1) is 11.6 Å². The van der Waals surface area contributed by atoms with Crippen molar-refractivity contribution in [1.82, 2.24) is 14.5 Å². The fourth-order valence-electron chi connectivity index (χ4n) is 3.24. The Hall–Kier alpha value is -2.61. The molecule has 5 nitrogen and oxygen atoms in total. The number of benzene rings is 1. The van der Waals surface area contributed by atoms with Gasteiger partial charge in [-0.3, -0.25) is 4.79 Å². The number of nitrogens with zero attached hydrogens (tertiary/aromatic N) is 4. The van der Waals surface area contributed by atoms with Crippen molar-refractivity contribution in [3.05, 3.63) is 53.1 Å². The van der Waals surface area contributed by atoms with E-state index in [1.165, 1.54) is 0 Å². The van der Waals surface area contributed by atoms with Gasteiger partial charge in [-0.05, 0) is 43.0 Å². The molecule has 118 valence electrons. The SMILES string of the molecule is Cc1cc(C#N)ccc1C(=O)N(C)C[C@H]1CCc2nccn2C1. The second-order valence-corrected chi connectivity index (χ2v) is 6.23. The van der Waals surface area contributed by atoms with Crippen LogP contribution in [0.3, 0.4) is 0 Å². The lowest BCUT2D eigenvalue weighted by molar-refractivity contribution is 0.0760. The van der Waals surface area contributed by atoms with Gasteiger partial charge in [-0.2, -0.15) is 5.26 Å². The minimum absolute atomic E-state index is 0.0171. The molecule has 23 heavy (non-hydrogen) atoms. The highest BCUT2D eigenvalue weighted by Crippen LogP contribution is 2.20. The summed E-state index contributed by atoms with van der Waals surface area (Å²) in [5.74, 6) is 1.60. The van der Waals surface area contributed by atoms with Crippen molar-refractivity contribution in [2.75, 3.05) is 13.6 Å². The molecular formula is C18H20N4O. The highest BCUT2D eigenvalue weighted by Gasteiger charge is 2.23. The number of hydrogen-bond donors (Lipinski definition) is 0. The summed E-state index contributed by atoms with van der Waals surface area (Å²) in [5, 5.41) is 8.93. The normalized spacial score (nSPS) is 16.5. The van der Waals surface area contributed by atoms with Gasteiger partial charge in [-0.15, -0.1) is 0 Å². The summed E-state index contributed by atoms with van der Waals surface area (Å²) in [4.78, 5) is 18.8. The molecule has 1 aromatic carbocycles. The van der Waals surface area contributed by atoms with E-state index in [4.69, 9.17) is 5.26 Å². The molecule has 1 aromatic heterocycles. The van der Waals surface area contributed by atoms with Crippen molar-refractivity contribution in [2.45, 2.75) is 26.3 Å². The van der Waals surface area contributed by atoms with Gasteiger partial charge in [0.15, 0.2) is 0 Å². The van der Waals surface area contributed by atoms with E-state index in [1.807, 2.05) is 26.4 Å². The van der Waals surface area contributed by atoms with E-state index in [0.717, 1.165) is 37.3 Å². The van der Waals surface area contributed by atoms with E-state index in [2.05, 4.69) is 15.6 Å². The fourth-order valence-corrected chi connectivity index (χ4v) is 3.24. The quantitative estimate of drug-likeness (QED) is 0.874. The van der Waals surface area contributed by atoms with Crippen molar-refractivity contribution >= 4 is 5.91 Å². The lowest BCUT2D eigenvalue weighted by atomic mass is 9.98. The van der Waals surface area contributed by atoms with Gasteiger partial charge in [0.1, 0.15) is 5.82 Å². The number of aromatic nitrogens is 2. The van der Waals surface area contributed by atoms with Crippen LogP contribution in [0.25, 0.3) is 0 Å². The Bertz CT molecular complexity index is 772. The monoisotopic (exact) mass is 308 g/mol. The first-order valence-electron chi connectivity index (χ1n) is 7.84. The van der Waals surface area contributed by atoms with Gasteiger partial charge < -0.3 is 9.47 Å². The molecule has 0 saturated carbocycles. The first-order valence-corrected chi connectivity index (χ1v) is 7.84. The zero-order valence-corrected chi connectivity index (χ0v) is 13.5. The summed E-state index contributed by atoms with van der Waals surface area (Å²) in [7, 11) is 1.85. The molecule has 0 N–H and O–H groups in total. The van der Waals surface area contributed by atoms with Gasteiger partial charge in [-0.25, -0.2) is 4.98 Å². The summed E-state index contributed by atoms with van der Waals surface area (Å²) in [5.41, 5.74) is 2.11. The number of aryl methyl sites for hydroxylation is 2. The summed E-state index contributed by atoms with van der Waals surface area (Å²) in [6.07, 6.45) is 5.87.